The fourth-order valence-corrected chi connectivity index (χ4v) is 3.08. The third-order valence-electron chi connectivity index (χ3n) is 4.03. The smallest absolute Gasteiger partial charge is 0.220 e. The van der Waals surface area contributed by atoms with Crippen LogP contribution in [0.15, 0.2) is 0 Å². The summed E-state index contributed by atoms with van der Waals surface area (Å²) in [6.07, 6.45) is 0. The van der Waals surface area contributed by atoms with Crippen LogP contribution in [0.25, 0.3) is 0 Å². The molecule has 3 heteroatoms. The lowest BCUT2D eigenvalue weighted by molar-refractivity contribution is -0.136. The number of Topliss-reactive ketones (excluding diaryl/α,β-unsaturated/α-hetero) is 1. The number of carbonyl (C=O) groups excluding carboxylic acids is 2. The summed E-state index contributed by atoms with van der Waals surface area (Å²) in [7, 11) is 0. The number of nitrogens with zero attached hydrogens (tertiary/aromatic N) is 1. The molecule has 14 heavy (non-hydrogen) atoms. The molecule has 2 rings (SSSR count). The summed E-state index contributed by atoms with van der Waals surface area (Å²) in [5, 5.41) is 0. The van der Waals surface area contributed by atoms with Gasteiger partial charge in [-0.05, 0) is 24.2 Å². The van der Waals surface area contributed by atoms with Gasteiger partial charge in [0.05, 0.1) is 6.04 Å². The highest BCUT2D eigenvalue weighted by Gasteiger charge is 2.68. The summed E-state index contributed by atoms with van der Waals surface area (Å²) < 4.78 is 0. The number of rotatable bonds is 1. The van der Waals surface area contributed by atoms with Crippen molar-refractivity contribution >= 4 is 11.7 Å². The molecule has 1 saturated carbocycles. The standard InChI is InChI=1S/C11H17NO2/c1-6(13)10-9-8(11(9,3)4)5-12(10)7(2)14/h8-10H,5H2,1-4H3/t8-,9?,10+/m0/s1. The summed E-state index contributed by atoms with van der Waals surface area (Å²) in [5.41, 5.74) is 0.266. The van der Waals surface area contributed by atoms with E-state index in [-0.39, 0.29) is 23.1 Å². The van der Waals surface area contributed by atoms with Crippen molar-refractivity contribution in [3.63, 3.8) is 0 Å². The van der Waals surface area contributed by atoms with Crippen molar-refractivity contribution < 1.29 is 9.59 Å². The van der Waals surface area contributed by atoms with E-state index in [1.54, 1.807) is 18.7 Å². The van der Waals surface area contributed by atoms with Crippen LogP contribution >= 0.6 is 0 Å². The Labute approximate surface area is 84.5 Å². The van der Waals surface area contributed by atoms with Gasteiger partial charge in [-0.15, -0.1) is 0 Å². The van der Waals surface area contributed by atoms with Crippen molar-refractivity contribution in [2.24, 2.45) is 17.3 Å². The molecule has 1 heterocycles. The third kappa shape index (κ3) is 1.04. The Bertz CT molecular complexity index is 308. The van der Waals surface area contributed by atoms with Crippen LogP contribution in [0.5, 0.6) is 0 Å². The molecule has 0 aromatic heterocycles. The summed E-state index contributed by atoms with van der Waals surface area (Å²) >= 11 is 0. The van der Waals surface area contributed by atoms with Gasteiger partial charge in [0.15, 0.2) is 5.78 Å². The minimum Gasteiger partial charge on any atom is -0.332 e. The first kappa shape index (κ1) is 9.69. The Morgan fingerprint density at radius 1 is 1.29 bits per heavy atom. The molecule has 0 radical (unpaired) electrons. The zero-order chi connectivity index (χ0) is 10.7. The molecule has 1 unspecified atom stereocenters. The van der Waals surface area contributed by atoms with E-state index in [0.717, 1.165) is 6.54 Å². The van der Waals surface area contributed by atoms with E-state index in [4.69, 9.17) is 0 Å². The maximum Gasteiger partial charge on any atom is 0.220 e. The quantitative estimate of drug-likeness (QED) is 0.628. The van der Waals surface area contributed by atoms with Crippen LogP contribution in [-0.2, 0) is 9.59 Å². The number of hydrogen-bond acceptors (Lipinski definition) is 2. The van der Waals surface area contributed by atoms with Crippen molar-refractivity contribution in [2.45, 2.75) is 33.7 Å². The Balaban J connectivity index is 2.23. The van der Waals surface area contributed by atoms with Gasteiger partial charge in [-0.1, -0.05) is 13.8 Å². The first-order valence-electron chi connectivity index (χ1n) is 5.15. The SMILES string of the molecule is CC(=O)[C@@H]1C2[C@H](CN1C(C)=O)C2(C)C. The van der Waals surface area contributed by atoms with E-state index in [0.29, 0.717) is 11.8 Å². The zero-order valence-electron chi connectivity index (χ0n) is 9.20. The van der Waals surface area contributed by atoms with Gasteiger partial charge in [-0.25, -0.2) is 0 Å². The first-order chi connectivity index (χ1) is 6.37. The number of amides is 1. The van der Waals surface area contributed by atoms with Crippen molar-refractivity contribution in [2.75, 3.05) is 6.54 Å². The number of likely N-dealkylation sites (tertiary alicyclic amines) is 1. The number of carbonyl (C=O) groups is 2. The topological polar surface area (TPSA) is 37.4 Å². The van der Waals surface area contributed by atoms with Crippen molar-refractivity contribution in [3.05, 3.63) is 0 Å². The maximum atomic E-state index is 11.5. The Kier molecular flexibility index (Phi) is 1.79. The van der Waals surface area contributed by atoms with Gasteiger partial charge in [0.25, 0.3) is 0 Å². The monoisotopic (exact) mass is 195 g/mol. The van der Waals surface area contributed by atoms with Crippen LogP contribution in [0, 0.1) is 17.3 Å². The molecule has 2 aliphatic rings. The predicted octanol–water partition coefficient (Wildman–Crippen LogP) is 1.08. The molecule has 0 N–H and O–H groups in total. The van der Waals surface area contributed by atoms with Crippen molar-refractivity contribution in [3.8, 4) is 0 Å². The van der Waals surface area contributed by atoms with Gasteiger partial charge >= 0.3 is 0 Å². The second-order valence-corrected chi connectivity index (χ2v) is 5.18. The van der Waals surface area contributed by atoms with E-state index < -0.39 is 0 Å². The van der Waals surface area contributed by atoms with E-state index in [2.05, 4.69) is 13.8 Å². The Morgan fingerprint density at radius 3 is 2.29 bits per heavy atom. The van der Waals surface area contributed by atoms with Crippen LogP contribution in [0.4, 0.5) is 0 Å². The predicted molar refractivity (Wildman–Crippen MR) is 52.6 cm³/mol. The highest BCUT2D eigenvalue weighted by molar-refractivity contribution is 5.88. The molecule has 1 aliphatic carbocycles. The van der Waals surface area contributed by atoms with Gasteiger partial charge in [-0.3, -0.25) is 9.59 Å². The molecule has 0 bridgehead atoms. The van der Waals surface area contributed by atoms with Gasteiger partial charge in [0.2, 0.25) is 5.91 Å². The molecule has 3 nitrogen and oxygen atoms in total. The molecule has 78 valence electrons. The summed E-state index contributed by atoms with van der Waals surface area (Å²) in [5.74, 6) is 1.12. The molecule has 1 saturated heterocycles. The van der Waals surface area contributed by atoms with Crippen LogP contribution in [0.3, 0.4) is 0 Å². The van der Waals surface area contributed by atoms with Crippen LogP contribution in [-0.4, -0.2) is 29.2 Å². The van der Waals surface area contributed by atoms with Crippen LogP contribution < -0.4 is 0 Å². The molecular formula is C11H17NO2. The number of hydrogen-bond donors (Lipinski definition) is 0. The lowest BCUT2D eigenvalue weighted by Crippen LogP contribution is -2.43. The minimum absolute atomic E-state index is 0.0354. The molecule has 3 atom stereocenters. The molecular weight excluding hydrogens is 178 g/mol. The second-order valence-electron chi connectivity index (χ2n) is 5.18. The lowest BCUT2D eigenvalue weighted by Gasteiger charge is -2.28. The average Bonchev–Trinajstić information content (AvgIpc) is 2.47. The van der Waals surface area contributed by atoms with E-state index in [1.807, 2.05) is 0 Å². The average molecular weight is 195 g/mol. The fourth-order valence-electron chi connectivity index (χ4n) is 3.08. The van der Waals surface area contributed by atoms with Crippen molar-refractivity contribution in [1.82, 2.24) is 4.90 Å². The Morgan fingerprint density at radius 2 is 1.86 bits per heavy atom. The van der Waals surface area contributed by atoms with E-state index >= 15 is 0 Å². The summed E-state index contributed by atoms with van der Waals surface area (Å²) in [6, 6.07) is -0.146. The molecule has 1 aliphatic heterocycles. The van der Waals surface area contributed by atoms with Gasteiger partial charge in [-0.2, -0.15) is 0 Å². The fraction of sp³-hybridized carbons (Fsp3) is 0.818. The molecule has 1 amide bonds. The van der Waals surface area contributed by atoms with E-state index in [1.165, 1.54) is 0 Å². The highest BCUT2D eigenvalue weighted by Crippen LogP contribution is 2.64. The zero-order valence-corrected chi connectivity index (χ0v) is 9.20. The Hall–Kier alpha value is -0.860. The van der Waals surface area contributed by atoms with Crippen LogP contribution in [0.1, 0.15) is 27.7 Å². The molecule has 2 fully saturated rings. The van der Waals surface area contributed by atoms with Crippen molar-refractivity contribution in [1.29, 1.82) is 0 Å². The lowest BCUT2D eigenvalue weighted by atomic mass is 9.99. The minimum atomic E-state index is -0.146. The van der Waals surface area contributed by atoms with E-state index in [9.17, 15) is 9.59 Å². The molecule has 0 spiro atoms. The normalized spacial score (nSPS) is 38.0. The summed E-state index contributed by atoms with van der Waals surface area (Å²) in [6.45, 7) is 8.30. The molecule has 0 aromatic rings. The third-order valence-corrected chi connectivity index (χ3v) is 4.03. The van der Waals surface area contributed by atoms with Gasteiger partial charge in [0.1, 0.15) is 0 Å². The number of piperidine rings is 1. The maximum absolute atomic E-state index is 11.5. The van der Waals surface area contributed by atoms with Gasteiger partial charge < -0.3 is 4.90 Å². The number of ketones is 1. The van der Waals surface area contributed by atoms with Gasteiger partial charge in [0, 0.05) is 13.5 Å². The largest absolute Gasteiger partial charge is 0.332 e. The number of fused-ring (bicyclic) bond motifs is 1. The first-order valence-corrected chi connectivity index (χ1v) is 5.15. The van der Waals surface area contributed by atoms with Crippen LogP contribution in [0.2, 0.25) is 0 Å². The molecule has 0 aromatic carbocycles. The summed E-state index contributed by atoms with van der Waals surface area (Å²) in [4.78, 5) is 24.5. The highest BCUT2D eigenvalue weighted by atomic mass is 16.2. The second kappa shape index (κ2) is 2.59.